The Morgan fingerprint density at radius 2 is 1.80 bits per heavy atom. The minimum Gasteiger partial charge on any atom is -0.385 e. The molecule has 1 aliphatic rings. The van der Waals surface area contributed by atoms with Gasteiger partial charge in [-0.1, -0.05) is 47.5 Å². The van der Waals surface area contributed by atoms with Crippen LogP contribution in [0.2, 0.25) is 10.0 Å². The summed E-state index contributed by atoms with van der Waals surface area (Å²) in [6.45, 7) is 1.63. The van der Waals surface area contributed by atoms with Gasteiger partial charge in [0.2, 0.25) is 0 Å². The van der Waals surface area contributed by atoms with Crippen molar-refractivity contribution in [2.24, 2.45) is 0 Å². The Bertz CT molecular complexity index is 1300. The van der Waals surface area contributed by atoms with E-state index in [1.807, 2.05) is 67.0 Å². The van der Waals surface area contributed by atoms with Gasteiger partial charge >= 0.3 is 0 Å². The normalized spacial score (nSPS) is 17.4. The summed E-state index contributed by atoms with van der Waals surface area (Å²) in [4.78, 5) is 6.90. The number of halogens is 2. The van der Waals surface area contributed by atoms with Gasteiger partial charge in [-0.25, -0.2) is 0 Å². The third kappa shape index (κ3) is 5.15. The topological polar surface area (TPSA) is 45.1 Å². The van der Waals surface area contributed by atoms with E-state index in [9.17, 15) is 0 Å². The van der Waals surface area contributed by atoms with Crippen LogP contribution in [0.15, 0.2) is 91.3 Å². The molecule has 5 rings (SSSR count). The van der Waals surface area contributed by atoms with E-state index in [4.69, 9.17) is 35.4 Å². The molecule has 178 valence electrons. The highest BCUT2D eigenvalue weighted by Gasteiger charge is 2.41. The highest BCUT2D eigenvalue weighted by atomic mass is 35.5. The zero-order valence-electron chi connectivity index (χ0n) is 18.9. The molecule has 1 saturated heterocycles. The van der Waals surface area contributed by atoms with Crippen molar-refractivity contribution in [3.8, 4) is 5.69 Å². The first-order valence-electron chi connectivity index (χ1n) is 11.5. The number of benzene rings is 2. The summed E-state index contributed by atoms with van der Waals surface area (Å²) in [5, 5.41) is 8.94. The predicted molar refractivity (Wildman–Crippen MR) is 147 cm³/mol. The van der Waals surface area contributed by atoms with Crippen molar-refractivity contribution in [2.75, 3.05) is 18.4 Å². The molecule has 35 heavy (non-hydrogen) atoms. The fourth-order valence-corrected chi connectivity index (χ4v) is 5.37. The summed E-state index contributed by atoms with van der Waals surface area (Å²) in [6, 6.07) is 25.8. The SMILES string of the molecule is S=C1N[C@H](c2ccccn2)[C@H](c2cccn2-c2ccc(Cl)cc2Cl)N1CCCNc1ccccc1. The number of aromatic nitrogens is 2. The van der Waals surface area contributed by atoms with Crippen LogP contribution in [0.5, 0.6) is 0 Å². The first kappa shape index (κ1) is 23.7. The maximum Gasteiger partial charge on any atom is 0.170 e. The molecular weight excluding hydrogens is 497 g/mol. The summed E-state index contributed by atoms with van der Waals surface area (Å²) in [7, 11) is 0. The first-order chi connectivity index (χ1) is 17.1. The van der Waals surface area contributed by atoms with Gasteiger partial charge in [-0.2, -0.15) is 0 Å². The van der Waals surface area contributed by atoms with E-state index in [0.29, 0.717) is 10.0 Å². The number of pyridine rings is 1. The highest BCUT2D eigenvalue weighted by molar-refractivity contribution is 7.80. The molecule has 0 spiro atoms. The molecular formula is C27H25Cl2N5S. The van der Waals surface area contributed by atoms with Crippen LogP contribution in [0.1, 0.15) is 29.9 Å². The second-order valence-corrected chi connectivity index (χ2v) is 9.60. The molecule has 4 aromatic rings. The number of anilines is 1. The van der Waals surface area contributed by atoms with Crippen LogP contribution in [-0.2, 0) is 0 Å². The fraction of sp³-hybridized carbons (Fsp3) is 0.185. The van der Waals surface area contributed by atoms with Crippen molar-refractivity contribution in [1.29, 1.82) is 0 Å². The standard InChI is InChI=1S/C27H25Cl2N5S/c28-19-12-13-23(21(29)18-19)33-16-6-11-24(33)26-25(22-10-4-5-14-31-22)32-27(35)34(26)17-7-15-30-20-8-2-1-3-9-20/h1-6,8-14,16,18,25-26,30H,7,15,17H2,(H,32,35)/t25-,26+/m1/s1. The van der Waals surface area contributed by atoms with E-state index in [1.165, 1.54) is 0 Å². The van der Waals surface area contributed by atoms with Crippen LogP contribution >= 0.6 is 35.4 Å². The smallest absolute Gasteiger partial charge is 0.170 e. The van der Waals surface area contributed by atoms with Gasteiger partial charge in [0.15, 0.2) is 5.11 Å². The molecule has 2 aromatic heterocycles. The highest BCUT2D eigenvalue weighted by Crippen LogP contribution is 2.40. The maximum atomic E-state index is 6.60. The van der Waals surface area contributed by atoms with Crippen molar-refractivity contribution in [1.82, 2.24) is 19.8 Å². The molecule has 0 saturated carbocycles. The van der Waals surface area contributed by atoms with Crippen LogP contribution < -0.4 is 10.6 Å². The number of nitrogens with zero attached hydrogens (tertiary/aromatic N) is 3. The molecule has 1 aliphatic heterocycles. The quantitative estimate of drug-likeness (QED) is 0.200. The largest absolute Gasteiger partial charge is 0.385 e. The number of hydrogen-bond donors (Lipinski definition) is 2. The summed E-state index contributed by atoms with van der Waals surface area (Å²) >= 11 is 18.6. The molecule has 0 radical (unpaired) electrons. The molecule has 8 heteroatoms. The Hall–Kier alpha value is -3.06. The van der Waals surface area contributed by atoms with E-state index >= 15 is 0 Å². The van der Waals surface area contributed by atoms with Crippen LogP contribution in [0.25, 0.3) is 5.69 Å². The van der Waals surface area contributed by atoms with Crippen LogP contribution in [0, 0.1) is 0 Å². The van der Waals surface area contributed by atoms with Gasteiger partial charge in [0.25, 0.3) is 0 Å². The third-order valence-electron chi connectivity index (χ3n) is 6.13. The maximum absolute atomic E-state index is 6.60. The van der Waals surface area contributed by atoms with E-state index < -0.39 is 0 Å². The van der Waals surface area contributed by atoms with Crippen molar-refractivity contribution in [3.05, 3.63) is 113 Å². The van der Waals surface area contributed by atoms with E-state index in [1.54, 1.807) is 6.07 Å². The average Bonchev–Trinajstić information content (AvgIpc) is 3.47. The van der Waals surface area contributed by atoms with Crippen molar-refractivity contribution in [3.63, 3.8) is 0 Å². The van der Waals surface area contributed by atoms with Crippen molar-refractivity contribution < 1.29 is 0 Å². The fourth-order valence-electron chi connectivity index (χ4n) is 4.54. The molecule has 0 aliphatic carbocycles. The average molecular weight is 523 g/mol. The lowest BCUT2D eigenvalue weighted by atomic mass is 10.0. The lowest BCUT2D eigenvalue weighted by Gasteiger charge is -2.29. The van der Waals surface area contributed by atoms with Crippen molar-refractivity contribution in [2.45, 2.75) is 18.5 Å². The van der Waals surface area contributed by atoms with Crippen LogP contribution in [0.3, 0.4) is 0 Å². The van der Waals surface area contributed by atoms with Crippen LogP contribution in [0.4, 0.5) is 5.69 Å². The van der Waals surface area contributed by atoms with Gasteiger partial charge in [0, 0.05) is 41.9 Å². The Morgan fingerprint density at radius 3 is 2.57 bits per heavy atom. The first-order valence-corrected chi connectivity index (χ1v) is 12.7. The lowest BCUT2D eigenvalue weighted by molar-refractivity contribution is 0.307. The zero-order valence-corrected chi connectivity index (χ0v) is 21.3. The monoisotopic (exact) mass is 521 g/mol. The Labute approximate surface area is 220 Å². The molecule has 1 fully saturated rings. The minimum atomic E-state index is -0.0921. The molecule has 0 amide bonds. The van der Waals surface area contributed by atoms with E-state index in [0.717, 1.165) is 47.4 Å². The number of thiocarbonyl (C=S) groups is 1. The van der Waals surface area contributed by atoms with Gasteiger partial charge in [-0.3, -0.25) is 4.98 Å². The number of hydrogen-bond acceptors (Lipinski definition) is 3. The van der Waals surface area contributed by atoms with Gasteiger partial charge in [0.05, 0.1) is 28.5 Å². The molecule has 5 nitrogen and oxygen atoms in total. The second kappa shape index (κ2) is 10.7. The Morgan fingerprint density at radius 1 is 0.971 bits per heavy atom. The third-order valence-corrected chi connectivity index (χ3v) is 7.02. The zero-order chi connectivity index (χ0) is 24.2. The summed E-state index contributed by atoms with van der Waals surface area (Å²) < 4.78 is 2.12. The van der Waals surface area contributed by atoms with Gasteiger partial charge < -0.3 is 20.1 Å². The Kier molecular flexibility index (Phi) is 7.23. The van der Waals surface area contributed by atoms with E-state index in [2.05, 4.69) is 43.3 Å². The Balaban J connectivity index is 1.44. The molecule has 2 N–H and O–H groups in total. The minimum absolute atomic E-state index is 0.0594. The van der Waals surface area contributed by atoms with Crippen molar-refractivity contribution >= 4 is 46.2 Å². The molecule has 2 atom stereocenters. The molecule has 0 bridgehead atoms. The molecule has 3 heterocycles. The van der Waals surface area contributed by atoms with Gasteiger partial charge in [-0.15, -0.1) is 0 Å². The van der Waals surface area contributed by atoms with E-state index in [-0.39, 0.29) is 12.1 Å². The second-order valence-electron chi connectivity index (χ2n) is 8.37. The summed E-state index contributed by atoms with van der Waals surface area (Å²) in [5.41, 5.74) is 4.01. The summed E-state index contributed by atoms with van der Waals surface area (Å²) in [5.74, 6) is 0. The van der Waals surface area contributed by atoms with Gasteiger partial charge in [0.1, 0.15) is 0 Å². The molecule has 0 unspecified atom stereocenters. The van der Waals surface area contributed by atoms with Gasteiger partial charge in [-0.05, 0) is 73.2 Å². The predicted octanol–water partition coefficient (Wildman–Crippen LogP) is 6.65. The number of nitrogens with one attached hydrogen (secondary N) is 2. The number of para-hydroxylation sites is 1. The van der Waals surface area contributed by atoms with Crippen LogP contribution in [-0.4, -0.2) is 32.7 Å². The number of rotatable bonds is 8. The lowest BCUT2D eigenvalue weighted by Crippen LogP contribution is -2.32. The summed E-state index contributed by atoms with van der Waals surface area (Å²) in [6.07, 6.45) is 4.76. The molecule has 2 aromatic carbocycles.